The Hall–Kier alpha value is -4.21. The van der Waals surface area contributed by atoms with Gasteiger partial charge in [-0.15, -0.1) is 0 Å². The number of fused-ring (bicyclic) bond motifs is 3. The summed E-state index contributed by atoms with van der Waals surface area (Å²) in [6.07, 6.45) is -1.75. The molecule has 0 radical (unpaired) electrons. The fourth-order valence-electron chi connectivity index (χ4n) is 5.04. The number of nitrogens with zero attached hydrogens (tertiary/aromatic N) is 1. The largest absolute Gasteiger partial charge is 0.484 e. The zero-order chi connectivity index (χ0) is 25.6. The molecule has 0 spiro atoms. The molecular weight excluding hydrogens is 476 g/mol. The number of nitrogens with one attached hydrogen (secondary N) is 1. The Kier molecular flexibility index (Phi) is 5.66. The number of aromatic amines is 1. The molecule has 2 aliphatic heterocycles. The number of H-pyrrole nitrogens is 1. The maximum atomic E-state index is 12.9. The van der Waals surface area contributed by atoms with E-state index in [0.717, 1.165) is 10.8 Å². The van der Waals surface area contributed by atoms with Gasteiger partial charge in [0.1, 0.15) is 18.0 Å². The highest BCUT2D eigenvalue weighted by molar-refractivity contribution is 5.89. The number of aromatic nitrogens is 2. The van der Waals surface area contributed by atoms with Crippen LogP contribution < -0.4 is 16.0 Å². The van der Waals surface area contributed by atoms with Gasteiger partial charge in [-0.1, -0.05) is 48.5 Å². The molecule has 0 amide bonds. The van der Waals surface area contributed by atoms with Crippen molar-refractivity contribution < 1.29 is 23.7 Å². The van der Waals surface area contributed by atoms with Crippen LogP contribution in [0.1, 0.15) is 23.5 Å². The van der Waals surface area contributed by atoms with Gasteiger partial charge >= 0.3 is 11.7 Å². The lowest BCUT2D eigenvalue weighted by atomic mass is 9.93. The lowest BCUT2D eigenvalue weighted by molar-refractivity contribution is -0.206. The summed E-state index contributed by atoms with van der Waals surface area (Å²) in [5.41, 5.74) is -1.96. The van der Waals surface area contributed by atoms with Crippen molar-refractivity contribution in [3.05, 3.63) is 111 Å². The van der Waals surface area contributed by atoms with Gasteiger partial charge in [0.05, 0.1) is 12.2 Å². The molecule has 3 aromatic carbocycles. The van der Waals surface area contributed by atoms with E-state index >= 15 is 0 Å². The molecule has 2 aliphatic rings. The van der Waals surface area contributed by atoms with E-state index in [2.05, 4.69) is 4.98 Å². The fraction of sp³-hybridized carbons (Fsp3) is 0.250. The summed E-state index contributed by atoms with van der Waals surface area (Å²) in [6.45, 7) is 1.81. The molecule has 1 N–H and O–H groups in total. The second kappa shape index (κ2) is 9.02. The second-order valence-electron chi connectivity index (χ2n) is 9.22. The summed E-state index contributed by atoms with van der Waals surface area (Å²) in [7, 11) is 0. The van der Waals surface area contributed by atoms with Crippen LogP contribution in [0, 0.1) is 0 Å². The van der Waals surface area contributed by atoms with Crippen LogP contribution in [-0.2, 0) is 14.2 Å². The lowest BCUT2D eigenvalue weighted by Gasteiger charge is -2.35. The molecule has 1 aromatic heterocycles. The van der Waals surface area contributed by atoms with Crippen molar-refractivity contribution in [3.63, 3.8) is 0 Å². The van der Waals surface area contributed by atoms with E-state index in [4.69, 9.17) is 18.9 Å². The molecule has 6 rings (SSSR count). The quantitative estimate of drug-likeness (QED) is 0.406. The van der Waals surface area contributed by atoms with E-state index in [1.54, 1.807) is 31.2 Å². The first-order valence-corrected chi connectivity index (χ1v) is 12.0. The highest BCUT2D eigenvalue weighted by Crippen LogP contribution is 2.49. The van der Waals surface area contributed by atoms with Crippen LogP contribution in [0.3, 0.4) is 0 Å². The minimum Gasteiger partial charge on any atom is -0.484 e. The molecule has 37 heavy (non-hydrogen) atoms. The maximum Gasteiger partial charge on any atom is 0.338 e. The first-order valence-electron chi connectivity index (χ1n) is 12.0. The summed E-state index contributed by atoms with van der Waals surface area (Å²) in [5.74, 6) is 0.0758. The molecule has 9 heteroatoms. The molecule has 9 nitrogen and oxygen atoms in total. The van der Waals surface area contributed by atoms with Crippen LogP contribution in [0.2, 0.25) is 0 Å². The summed E-state index contributed by atoms with van der Waals surface area (Å²) >= 11 is 0. The Morgan fingerprint density at radius 3 is 2.57 bits per heavy atom. The SMILES string of the molecule is C[C@H](OC(=O)c1ccccc1)[C@@]12CO[C@@H]([C@H](n3ccc(=O)[nH]c3=O)O1)[C@@H]2Oc1ccc2ccccc2c1. The smallest absolute Gasteiger partial charge is 0.338 e. The third kappa shape index (κ3) is 4.02. The lowest BCUT2D eigenvalue weighted by Crippen LogP contribution is -2.53. The standard InChI is InChI=1S/C28H24N2O7/c1-17(35-26(32)19-8-3-2-4-9-19)28-16-34-23(25(37-28)30-14-13-22(31)29-27(30)33)24(28)36-21-12-11-18-7-5-6-10-20(18)15-21/h2-15,17,23-25H,16H2,1H3,(H,29,31,33)/t17-,23+,24-,25+,28+/m0/s1. The topological polar surface area (TPSA) is 109 Å². The Labute approximate surface area is 211 Å². The number of rotatable bonds is 6. The van der Waals surface area contributed by atoms with Crippen LogP contribution in [0.15, 0.2) is 94.6 Å². The van der Waals surface area contributed by atoms with Crippen molar-refractivity contribution >= 4 is 16.7 Å². The Bertz CT molecular complexity index is 1580. The van der Waals surface area contributed by atoms with Crippen molar-refractivity contribution in [1.82, 2.24) is 9.55 Å². The molecular formula is C28H24N2O7. The van der Waals surface area contributed by atoms with Gasteiger partial charge in [-0.2, -0.15) is 0 Å². The van der Waals surface area contributed by atoms with Crippen LogP contribution >= 0.6 is 0 Å². The molecule has 3 heterocycles. The van der Waals surface area contributed by atoms with Gasteiger partial charge in [0.25, 0.3) is 5.56 Å². The fourth-order valence-corrected chi connectivity index (χ4v) is 5.04. The Morgan fingerprint density at radius 2 is 1.78 bits per heavy atom. The minimum absolute atomic E-state index is 0.0910. The first-order chi connectivity index (χ1) is 17.9. The Balaban J connectivity index is 1.36. The normalized spacial score (nSPS) is 25.2. The van der Waals surface area contributed by atoms with Crippen molar-refractivity contribution in [2.45, 2.75) is 37.1 Å². The first kappa shape index (κ1) is 23.2. The number of ether oxygens (including phenoxy) is 4. The monoisotopic (exact) mass is 500 g/mol. The molecule has 0 saturated carbocycles. The third-order valence-corrected chi connectivity index (χ3v) is 6.99. The van der Waals surface area contributed by atoms with Gasteiger partial charge in [-0.05, 0) is 42.0 Å². The van der Waals surface area contributed by atoms with Crippen molar-refractivity contribution in [3.8, 4) is 5.75 Å². The molecule has 5 atom stereocenters. The molecule has 2 saturated heterocycles. The molecule has 4 aromatic rings. The molecule has 2 fully saturated rings. The summed E-state index contributed by atoms with van der Waals surface area (Å²) in [5, 5.41) is 2.06. The van der Waals surface area contributed by atoms with E-state index in [-0.39, 0.29) is 6.61 Å². The van der Waals surface area contributed by atoms with Gasteiger partial charge in [-0.25, -0.2) is 9.59 Å². The number of esters is 1. The van der Waals surface area contributed by atoms with E-state index in [0.29, 0.717) is 11.3 Å². The molecule has 2 bridgehead atoms. The van der Waals surface area contributed by atoms with Crippen LogP contribution in [0.5, 0.6) is 5.75 Å². The minimum atomic E-state index is -1.21. The molecule has 188 valence electrons. The average Bonchev–Trinajstić information content (AvgIpc) is 3.42. The van der Waals surface area contributed by atoms with Gasteiger partial charge < -0.3 is 18.9 Å². The van der Waals surface area contributed by atoms with E-state index < -0.39 is 47.4 Å². The predicted octanol–water partition coefficient (Wildman–Crippen LogP) is 3.05. The summed E-state index contributed by atoms with van der Waals surface area (Å²) in [6, 6.07) is 23.5. The number of carbonyl (C=O) groups is 1. The zero-order valence-corrected chi connectivity index (χ0v) is 19.9. The predicted molar refractivity (Wildman–Crippen MR) is 134 cm³/mol. The van der Waals surface area contributed by atoms with Crippen LogP contribution in [0.4, 0.5) is 0 Å². The zero-order valence-electron chi connectivity index (χ0n) is 19.9. The summed E-state index contributed by atoms with van der Waals surface area (Å²) in [4.78, 5) is 39.4. The number of benzene rings is 3. The molecule has 0 aliphatic carbocycles. The summed E-state index contributed by atoms with van der Waals surface area (Å²) < 4.78 is 26.1. The van der Waals surface area contributed by atoms with Crippen molar-refractivity contribution in [2.24, 2.45) is 0 Å². The highest BCUT2D eigenvalue weighted by atomic mass is 16.7. The van der Waals surface area contributed by atoms with E-state index in [1.165, 1.54) is 16.8 Å². The average molecular weight is 501 g/mol. The van der Waals surface area contributed by atoms with Gasteiger partial charge in [0, 0.05) is 12.3 Å². The van der Waals surface area contributed by atoms with Crippen molar-refractivity contribution in [2.75, 3.05) is 6.61 Å². The van der Waals surface area contributed by atoms with E-state index in [9.17, 15) is 14.4 Å². The number of carbonyl (C=O) groups excluding carboxylic acids is 1. The van der Waals surface area contributed by atoms with Gasteiger partial charge in [0.15, 0.2) is 17.9 Å². The van der Waals surface area contributed by atoms with Gasteiger partial charge in [-0.3, -0.25) is 14.3 Å². The maximum absolute atomic E-state index is 12.9. The van der Waals surface area contributed by atoms with Crippen LogP contribution in [0.25, 0.3) is 10.8 Å². The Morgan fingerprint density at radius 1 is 1.03 bits per heavy atom. The second-order valence-corrected chi connectivity index (χ2v) is 9.22. The van der Waals surface area contributed by atoms with Crippen LogP contribution in [-0.4, -0.2) is 46.0 Å². The highest BCUT2D eigenvalue weighted by Gasteiger charge is 2.67. The number of hydrogen-bond donors (Lipinski definition) is 1. The van der Waals surface area contributed by atoms with Crippen molar-refractivity contribution in [1.29, 1.82) is 0 Å². The van der Waals surface area contributed by atoms with Gasteiger partial charge in [0.2, 0.25) is 0 Å². The molecule has 0 unspecified atom stereocenters. The van der Waals surface area contributed by atoms with E-state index in [1.807, 2.05) is 48.5 Å². The number of hydrogen-bond acceptors (Lipinski definition) is 7. The third-order valence-electron chi connectivity index (χ3n) is 6.99.